The second-order valence-electron chi connectivity index (χ2n) is 4.06. The Hall–Kier alpha value is -0.970. The lowest BCUT2D eigenvalue weighted by Gasteiger charge is -2.06. The first-order valence-corrected chi connectivity index (χ1v) is 7.06. The van der Waals surface area contributed by atoms with Gasteiger partial charge in [0.05, 0.1) is 20.6 Å². The maximum Gasteiger partial charge on any atom is 0.174 e. The minimum atomic E-state index is 0.171. The van der Waals surface area contributed by atoms with Gasteiger partial charge in [-0.3, -0.25) is 9.78 Å². The quantitative estimate of drug-likeness (QED) is 0.798. The van der Waals surface area contributed by atoms with Gasteiger partial charge in [0, 0.05) is 12.6 Å². The lowest BCUT2D eigenvalue weighted by molar-refractivity contribution is 0.0976. The van der Waals surface area contributed by atoms with Crippen LogP contribution in [0.25, 0.3) is 10.7 Å². The number of nitrogens with zero attached hydrogens (tertiary/aromatic N) is 2. The average molecular weight is 299 g/mol. The van der Waals surface area contributed by atoms with Crippen molar-refractivity contribution in [3.8, 4) is 10.7 Å². The minimum absolute atomic E-state index is 0.171. The first kappa shape index (κ1) is 12.1. The Morgan fingerprint density at radius 2 is 2.11 bits per heavy atom. The van der Waals surface area contributed by atoms with E-state index < -0.39 is 0 Å². The third-order valence-corrected chi connectivity index (χ3v) is 4.42. The van der Waals surface area contributed by atoms with Gasteiger partial charge in [0.1, 0.15) is 10.7 Å². The summed E-state index contributed by atoms with van der Waals surface area (Å²) in [6, 6.07) is 1.63. The highest BCUT2D eigenvalue weighted by atomic mass is 35.5. The van der Waals surface area contributed by atoms with Crippen molar-refractivity contribution in [2.45, 2.75) is 19.3 Å². The van der Waals surface area contributed by atoms with Gasteiger partial charge < -0.3 is 0 Å². The molecule has 0 saturated carbocycles. The van der Waals surface area contributed by atoms with Gasteiger partial charge in [0.2, 0.25) is 0 Å². The third-order valence-electron chi connectivity index (χ3n) is 2.78. The molecule has 0 aromatic carbocycles. The molecule has 0 atom stereocenters. The molecule has 2 aromatic heterocycles. The summed E-state index contributed by atoms with van der Waals surface area (Å²) in [6.45, 7) is 0. The van der Waals surface area contributed by atoms with Gasteiger partial charge >= 0.3 is 0 Å². The van der Waals surface area contributed by atoms with Crippen LogP contribution in [0.1, 0.15) is 28.2 Å². The number of rotatable bonds is 1. The second kappa shape index (κ2) is 4.61. The molecule has 92 valence electrons. The van der Waals surface area contributed by atoms with E-state index in [0.29, 0.717) is 27.2 Å². The van der Waals surface area contributed by atoms with E-state index in [0.717, 1.165) is 23.4 Å². The molecule has 3 rings (SSSR count). The van der Waals surface area contributed by atoms with Crippen LogP contribution in [0.4, 0.5) is 0 Å². The molecule has 1 aliphatic rings. The van der Waals surface area contributed by atoms with Gasteiger partial charge in [0.25, 0.3) is 0 Å². The normalized spacial score (nSPS) is 14.7. The Bertz CT molecular complexity index is 639. The Labute approximate surface area is 118 Å². The molecule has 0 bridgehead atoms. The molecule has 1 aliphatic carbocycles. The Balaban J connectivity index is 2.10. The van der Waals surface area contributed by atoms with Gasteiger partial charge in [-0.2, -0.15) is 0 Å². The summed E-state index contributed by atoms with van der Waals surface area (Å²) in [5, 5.41) is 1.64. The number of Topliss-reactive ketones (excluding diaryl/α,β-unsaturated/α-hetero) is 1. The van der Waals surface area contributed by atoms with E-state index in [1.807, 2.05) is 0 Å². The van der Waals surface area contributed by atoms with Crippen LogP contribution in [-0.4, -0.2) is 15.8 Å². The van der Waals surface area contributed by atoms with E-state index in [1.54, 1.807) is 6.07 Å². The van der Waals surface area contributed by atoms with Gasteiger partial charge in [-0.25, -0.2) is 4.98 Å². The highest BCUT2D eigenvalue weighted by Crippen LogP contribution is 2.35. The smallest absolute Gasteiger partial charge is 0.174 e. The van der Waals surface area contributed by atoms with Gasteiger partial charge in [-0.1, -0.05) is 23.2 Å². The Kier molecular flexibility index (Phi) is 3.09. The number of pyridine rings is 1. The topological polar surface area (TPSA) is 42.9 Å². The number of hydrogen-bond donors (Lipinski definition) is 0. The van der Waals surface area contributed by atoms with E-state index in [9.17, 15) is 4.79 Å². The van der Waals surface area contributed by atoms with Crippen molar-refractivity contribution >= 4 is 40.3 Å². The molecule has 0 spiro atoms. The van der Waals surface area contributed by atoms with Gasteiger partial charge in [0.15, 0.2) is 5.78 Å². The van der Waals surface area contributed by atoms with E-state index in [2.05, 4.69) is 9.97 Å². The molecule has 2 heterocycles. The summed E-state index contributed by atoms with van der Waals surface area (Å²) in [6.07, 6.45) is 3.86. The first-order chi connectivity index (χ1) is 8.65. The molecule has 0 aliphatic heterocycles. The molecule has 3 nitrogen and oxygen atoms in total. The summed E-state index contributed by atoms with van der Waals surface area (Å²) in [5.74, 6) is 0.171. The van der Waals surface area contributed by atoms with E-state index >= 15 is 0 Å². The largest absolute Gasteiger partial charge is 0.293 e. The van der Waals surface area contributed by atoms with Crippen LogP contribution in [0.5, 0.6) is 0 Å². The predicted molar refractivity (Wildman–Crippen MR) is 72.6 cm³/mol. The summed E-state index contributed by atoms with van der Waals surface area (Å²) in [7, 11) is 0. The molecule has 6 heteroatoms. The molecule has 0 N–H and O–H groups in total. The molecule has 0 fully saturated rings. The average Bonchev–Trinajstić information content (AvgIpc) is 2.74. The van der Waals surface area contributed by atoms with Crippen molar-refractivity contribution in [1.82, 2.24) is 9.97 Å². The van der Waals surface area contributed by atoms with Crippen molar-refractivity contribution in [3.63, 3.8) is 0 Å². The number of fused-ring (bicyclic) bond motifs is 1. The third kappa shape index (κ3) is 2.05. The standard InChI is InChI=1S/C12H8Cl2N2OS/c13-6-4-7(14)10(15-5-6)12-16-8-2-1-3-9(17)11(8)18-12/h4-5H,1-3H2. The van der Waals surface area contributed by atoms with Crippen LogP contribution >= 0.6 is 34.5 Å². The van der Waals surface area contributed by atoms with Crippen LogP contribution in [0.2, 0.25) is 10.0 Å². The number of aromatic nitrogens is 2. The fraction of sp³-hybridized carbons (Fsp3) is 0.250. The van der Waals surface area contributed by atoms with Crippen LogP contribution in [0.3, 0.4) is 0 Å². The highest BCUT2D eigenvalue weighted by molar-refractivity contribution is 7.17. The van der Waals surface area contributed by atoms with Crippen molar-refractivity contribution < 1.29 is 4.79 Å². The Morgan fingerprint density at radius 3 is 2.83 bits per heavy atom. The summed E-state index contributed by atoms with van der Waals surface area (Å²) < 4.78 is 0. The maximum atomic E-state index is 11.8. The number of carbonyl (C=O) groups is 1. The minimum Gasteiger partial charge on any atom is -0.293 e. The number of carbonyl (C=O) groups excluding carboxylic acids is 1. The molecular weight excluding hydrogens is 291 g/mol. The molecule has 2 aromatic rings. The number of aryl methyl sites for hydroxylation is 1. The molecule has 0 saturated heterocycles. The van der Waals surface area contributed by atoms with Crippen LogP contribution in [0.15, 0.2) is 12.3 Å². The lowest BCUT2D eigenvalue weighted by atomic mass is 10.0. The fourth-order valence-electron chi connectivity index (χ4n) is 1.94. The van der Waals surface area contributed by atoms with E-state index in [4.69, 9.17) is 23.2 Å². The van der Waals surface area contributed by atoms with Crippen molar-refractivity contribution in [1.29, 1.82) is 0 Å². The second-order valence-corrected chi connectivity index (χ2v) is 5.90. The van der Waals surface area contributed by atoms with Crippen LogP contribution in [0, 0.1) is 0 Å². The summed E-state index contributed by atoms with van der Waals surface area (Å²) >= 11 is 13.3. The van der Waals surface area contributed by atoms with E-state index in [-0.39, 0.29) is 5.78 Å². The SMILES string of the molecule is O=C1CCCc2nc(-c3ncc(Cl)cc3Cl)sc21. The molecule has 0 radical (unpaired) electrons. The number of thiazole rings is 1. The zero-order valence-electron chi connectivity index (χ0n) is 9.24. The van der Waals surface area contributed by atoms with Crippen LogP contribution in [-0.2, 0) is 6.42 Å². The number of hydrogen-bond acceptors (Lipinski definition) is 4. The molecular formula is C12H8Cl2N2OS. The molecule has 0 unspecified atom stereocenters. The Morgan fingerprint density at radius 1 is 1.28 bits per heavy atom. The number of ketones is 1. The molecule has 18 heavy (non-hydrogen) atoms. The van der Waals surface area contributed by atoms with Crippen molar-refractivity contribution in [2.75, 3.05) is 0 Å². The first-order valence-electron chi connectivity index (χ1n) is 5.49. The molecule has 0 amide bonds. The van der Waals surface area contributed by atoms with Crippen LogP contribution < -0.4 is 0 Å². The predicted octanol–water partition coefficient (Wildman–Crippen LogP) is 4.03. The van der Waals surface area contributed by atoms with Crippen molar-refractivity contribution in [3.05, 3.63) is 32.9 Å². The summed E-state index contributed by atoms with van der Waals surface area (Å²) in [5.41, 5.74) is 1.47. The zero-order chi connectivity index (χ0) is 12.7. The van der Waals surface area contributed by atoms with Gasteiger partial charge in [-0.05, 0) is 18.9 Å². The number of halogens is 2. The fourth-order valence-corrected chi connectivity index (χ4v) is 3.56. The van der Waals surface area contributed by atoms with Gasteiger partial charge in [-0.15, -0.1) is 11.3 Å². The zero-order valence-corrected chi connectivity index (χ0v) is 11.6. The highest BCUT2D eigenvalue weighted by Gasteiger charge is 2.23. The maximum absolute atomic E-state index is 11.8. The van der Waals surface area contributed by atoms with Crippen molar-refractivity contribution in [2.24, 2.45) is 0 Å². The summed E-state index contributed by atoms with van der Waals surface area (Å²) in [4.78, 5) is 21.2. The van der Waals surface area contributed by atoms with E-state index in [1.165, 1.54) is 17.5 Å². The monoisotopic (exact) mass is 298 g/mol. The lowest BCUT2D eigenvalue weighted by Crippen LogP contribution is -2.07.